The molecular formula is C25H27N3O5. The smallest absolute Gasteiger partial charge is 0.228 e. The molecule has 1 aromatic carbocycles. The second kappa shape index (κ2) is 9.23. The van der Waals surface area contributed by atoms with Crippen molar-refractivity contribution >= 4 is 29.0 Å². The predicted molar refractivity (Wildman–Crippen MR) is 122 cm³/mol. The molecular weight excluding hydrogens is 422 g/mol. The summed E-state index contributed by atoms with van der Waals surface area (Å²) in [5, 5.41) is 3.42. The third-order valence-corrected chi connectivity index (χ3v) is 6.43. The maximum absolute atomic E-state index is 13.7. The Morgan fingerprint density at radius 3 is 2.58 bits per heavy atom. The molecule has 3 aliphatic rings. The molecule has 0 bridgehead atoms. The summed E-state index contributed by atoms with van der Waals surface area (Å²) in [5.41, 5.74) is 2.84. The molecule has 2 amide bonds. The summed E-state index contributed by atoms with van der Waals surface area (Å²) in [6.45, 7) is 2.13. The van der Waals surface area contributed by atoms with Crippen LogP contribution in [-0.4, -0.2) is 48.8 Å². The van der Waals surface area contributed by atoms with Crippen molar-refractivity contribution in [2.45, 2.75) is 38.1 Å². The second-order valence-corrected chi connectivity index (χ2v) is 8.49. The number of anilines is 2. The highest BCUT2D eigenvalue weighted by molar-refractivity contribution is 6.06. The fourth-order valence-electron chi connectivity index (χ4n) is 4.83. The number of ketones is 1. The lowest BCUT2D eigenvalue weighted by Crippen LogP contribution is -2.42. The number of nitrogens with one attached hydrogen (secondary N) is 1. The number of nitrogens with zero attached hydrogens (tertiary/aromatic N) is 2. The lowest BCUT2D eigenvalue weighted by molar-refractivity contribution is -0.136. The minimum Gasteiger partial charge on any atom is -0.467 e. The van der Waals surface area contributed by atoms with E-state index in [0.29, 0.717) is 49.7 Å². The summed E-state index contributed by atoms with van der Waals surface area (Å²) in [4.78, 5) is 42.9. The van der Waals surface area contributed by atoms with E-state index >= 15 is 0 Å². The first-order valence-electron chi connectivity index (χ1n) is 11.5. The molecule has 1 aromatic heterocycles. The Morgan fingerprint density at radius 1 is 1.00 bits per heavy atom. The quantitative estimate of drug-likeness (QED) is 0.769. The van der Waals surface area contributed by atoms with Crippen LogP contribution >= 0.6 is 0 Å². The van der Waals surface area contributed by atoms with Crippen LogP contribution in [0, 0.1) is 0 Å². The Balaban J connectivity index is 1.51. The molecule has 1 unspecified atom stereocenters. The number of fused-ring (bicyclic) bond motifs is 1. The summed E-state index contributed by atoms with van der Waals surface area (Å²) >= 11 is 0. The number of carbonyl (C=O) groups is 3. The molecule has 172 valence electrons. The average molecular weight is 450 g/mol. The van der Waals surface area contributed by atoms with Gasteiger partial charge >= 0.3 is 0 Å². The van der Waals surface area contributed by atoms with Gasteiger partial charge in [-0.1, -0.05) is 12.1 Å². The fraction of sp³-hybridized carbons (Fsp3) is 0.400. The van der Waals surface area contributed by atoms with Crippen LogP contribution < -0.4 is 10.2 Å². The van der Waals surface area contributed by atoms with Crippen LogP contribution in [0.5, 0.6) is 0 Å². The van der Waals surface area contributed by atoms with E-state index in [9.17, 15) is 14.4 Å². The Labute approximate surface area is 192 Å². The first-order valence-corrected chi connectivity index (χ1v) is 11.5. The largest absolute Gasteiger partial charge is 0.467 e. The van der Waals surface area contributed by atoms with Crippen LogP contribution in [0.15, 0.2) is 58.3 Å². The molecule has 8 heteroatoms. The van der Waals surface area contributed by atoms with Crippen LogP contribution in [0.2, 0.25) is 0 Å². The van der Waals surface area contributed by atoms with Crippen molar-refractivity contribution in [3.8, 4) is 0 Å². The number of carbonyl (C=O) groups excluding carboxylic acids is 3. The van der Waals surface area contributed by atoms with Crippen molar-refractivity contribution in [2.24, 2.45) is 0 Å². The highest BCUT2D eigenvalue weighted by atomic mass is 16.5. The SMILES string of the molecule is O=C1CCCC2=C1C(c1ccco1)N(C(=O)CCC(=O)N1CCOCC1)c1ccccc1N2. The second-order valence-electron chi connectivity index (χ2n) is 8.49. The number of amides is 2. The van der Waals surface area contributed by atoms with Crippen LogP contribution in [0.25, 0.3) is 0 Å². The van der Waals surface area contributed by atoms with Crippen LogP contribution in [0.3, 0.4) is 0 Å². The van der Waals surface area contributed by atoms with Crippen molar-refractivity contribution in [3.63, 3.8) is 0 Å². The van der Waals surface area contributed by atoms with Gasteiger partial charge in [-0.2, -0.15) is 0 Å². The van der Waals surface area contributed by atoms with Gasteiger partial charge in [0.2, 0.25) is 11.8 Å². The number of hydrogen-bond donors (Lipinski definition) is 1. The molecule has 0 radical (unpaired) electrons. The Morgan fingerprint density at radius 2 is 1.79 bits per heavy atom. The highest BCUT2D eigenvalue weighted by Gasteiger charge is 2.40. The molecule has 0 spiro atoms. The Hall–Kier alpha value is -3.39. The molecule has 0 saturated carbocycles. The number of rotatable bonds is 4. The number of ether oxygens (including phenoxy) is 1. The topological polar surface area (TPSA) is 92.1 Å². The fourth-order valence-corrected chi connectivity index (χ4v) is 4.83. The molecule has 1 N–H and O–H groups in total. The standard InChI is InChI=1S/C25H27N3O5/c29-20-8-3-6-18-24(20)25(21-9-4-14-33-21)28(19-7-2-1-5-17(19)26-18)23(31)11-10-22(30)27-12-15-32-16-13-27/h1-2,4-5,7,9,14,25-26H,3,6,8,10-13,15-16H2. The Kier molecular flexibility index (Phi) is 6.00. The number of para-hydroxylation sites is 2. The molecule has 5 rings (SSSR count). The van der Waals surface area contributed by atoms with E-state index in [4.69, 9.17) is 9.15 Å². The van der Waals surface area contributed by atoms with Gasteiger partial charge in [0, 0.05) is 43.6 Å². The van der Waals surface area contributed by atoms with Gasteiger partial charge in [-0.25, -0.2) is 0 Å². The molecule has 8 nitrogen and oxygen atoms in total. The molecule has 1 fully saturated rings. The molecule has 3 heterocycles. The van der Waals surface area contributed by atoms with E-state index in [1.807, 2.05) is 24.3 Å². The number of benzene rings is 1. The zero-order chi connectivity index (χ0) is 22.8. The van der Waals surface area contributed by atoms with Gasteiger partial charge in [0.05, 0.1) is 30.9 Å². The van der Waals surface area contributed by atoms with Crippen LogP contribution in [0.4, 0.5) is 11.4 Å². The van der Waals surface area contributed by atoms with Crippen LogP contribution in [-0.2, 0) is 19.1 Å². The predicted octanol–water partition coefficient (Wildman–Crippen LogP) is 3.43. The van der Waals surface area contributed by atoms with Gasteiger partial charge in [-0.05, 0) is 37.1 Å². The number of allylic oxidation sites excluding steroid dienone is 1. The summed E-state index contributed by atoms with van der Waals surface area (Å²) in [6, 6.07) is 10.4. The van der Waals surface area contributed by atoms with Gasteiger partial charge in [-0.3, -0.25) is 19.3 Å². The summed E-state index contributed by atoms with van der Waals surface area (Å²) < 4.78 is 11.1. The maximum Gasteiger partial charge on any atom is 0.228 e. The number of hydrogen-bond acceptors (Lipinski definition) is 6. The molecule has 1 saturated heterocycles. The van der Waals surface area contributed by atoms with Gasteiger partial charge in [-0.15, -0.1) is 0 Å². The number of furan rings is 1. The van der Waals surface area contributed by atoms with E-state index in [1.54, 1.807) is 28.2 Å². The molecule has 2 aliphatic heterocycles. The molecule has 1 aliphatic carbocycles. The highest BCUT2D eigenvalue weighted by Crippen LogP contribution is 2.45. The summed E-state index contributed by atoms with van der Waals surface area (Å²) in [5.74, 6) is 0.264. The van der Waals surface area contributed by atoms with E-state index < -0.39 is 6.04 Å². The summed E-state index contributed by atoms with van der Waals surface area (Å²) in [6.07, 6.45) is 3.63. The number of Topliss-reactive ketones (excluding diaryl/α,β-unsaturated/α-hetero) is 1. The van der Waals surface area contributed by atoms with Crippen molar-refractivity contribution in [3.05, 3.63) is 59.7 Å². The lowest BCUT2D eigenvalue weighted by atomic mass is 9.88. The van der Waals surface area contributed by atoms with Crippen molar-refractivity contribution in [1.82, 2.24) is 4.90 Å². The monoisotopic (exact) mass is 449 g/mol. The van der Waals surface area contributed by atoms with Crippen LogP contribution in [0.1, 0.15) is 43.9 Å². The van der Waals surface area contributed by atoms with E-state index in [1.165, 1.54) is 0 Å². The van der Waals surface area contributed by atoms with Crippen molar-refractivity contribution in [2.75, 3.05) is 36.5 Å². The van der Waals surface area contributed by atoms with E-state index in [0.717, 1.165) is 24.2 Å². The normalized spacial score (nSPS) is 20.6. The van der Waals surface area contributed by atoms with Crippen molar-refractivity contribution < 1.29 is 23.5 Å². The minimum absolute atomic E-state index is 0.0140. The zero-order valence-electron chi connectivity index (χ0n) is 18.4. The average Bonchev–Trinajstić information content (AvgIpc) is 3.32. The summed E-state index contributed by atoms with van der Waals surface area (Å²) in [7, 11) is 0. The molecule has 1 atom stereocenters. The maximum atomic E-state index is 13.7. The third-order valence-electron chi connectivity index (χ3n) is 6.43. The van der Waals surface area contributed by atoms with E-state index in [2.05, 4.69) is 5.32 Å². The molecule has 33 heavy (non-hydrogen) atoms. The third kappa shape index (κ3) is 4.18. The van der Waals surface area contributed by atoms with Crippen molar-refractivity contribution in [1.29, 1.82) is 0 Å². The molecule has 2 aromatic rings. The van der Waals surface area contributed by atoms with E-state index in [-0.39, 0.29) is 30.4 Å². The Bertz CT molecular complexity index is 1090. The van der Waals surface area contributed by atoms with Gasteiger partial charge in [0.15, 0.2) is 5.78 Å². The van der Waals surface area contributed by atoms with Gasteiger partial charge < -0.3 is 19.4 Å². The number of morpholine rings is 1. The first-order chi connectivity index (χ1) is 16.1. The van der Waals surface area contributed by atoms with Gasteiger partial charge in [0.1, 0.15) is 11.8 Å². The first kappa shape index (κ1) is 21.5. The lowest BCUT2D eigenvalue weighted by Gasteiger charge is -2.32. The van der Waals surface area contributed by atoms with Gasteiger partial charge in [0.25, 0.3) is 0 Å². The minimum atomic E-state index is -0.676. The zero-order valence-corrected chi connectivity index (χ0v) is 18.4.